The van der Waals surface area contributed by atoms with Gasteiger partial charge in [-0.2, -0.15) is 0 Å². The van der Waals surface area contributed by atoms with Gasteiger partial charge in [0.1, 0.15) is 5.75 Å². The third kappa shape index (κ3) is 2.38. The minimum atomic E-state index is 0.541. The average Bonchev–Trinajstić information content (AvgIpc) is 2.91. The van der Waals surface area contributed by atoms with E-state index in [2.05, 4.69) is 10.2 Å². The van der Waals surface area contributed by atoms with Crippen molar-refractivity contribution >= 4 is 11.9 Å². The van der Waals surface area contributed by atoms with Crippen LogP contribution >= 0.6 is 0 Å². The summed E-state index contributed by atoms with van der Waals surface area (Å²) in [6.07, 6.45) is 2.73. The predicted molar refractivity (Wildman–Crippen MR) is 79.7 cm³/mol. The van der Waals surface area contributed by atoms with E-state index in [1.54, 1.807) is 6.07 Å². The summed E-state index contributed by atoms with van der Waals surface area (Å²) in [6.45, 7) is 4.52. The lowest BCUT2D eigenvalue weighted by molar-refractivity contribution is 0.112. The van der Waals surface area contributed by atoms with Crippen LogP contribution < -0.4 is 4.74 Å². The van der Waals surface area contributed by atoms with E-state index in [1.165, 1.54) is 0 Å². The molecule has 0 spiro atoms. The van der Waals surface area contributed by atoms with E-state index in [9.17, 15) is 4.79 Å². The fourth-order valence-electron chi connectivity index (χ4n) is 2.31. The van der Waals surface area contributed by atoms with Crippen molar-refractivity contribution in [2.45, 2.75) is 13.8 Å². The molecule has 3 aromatic rings. The third-order valence-corrected chi connectivity index (χ3v) is 3.22. The zero-order valence-corrected chi connectivity index (χ0v) is 11.9. The van der Waals surface area contributed by atoms with Gasteiger partial charge in [0.05, 0.1) is 12.2 Å². The SMILES string of the molecule is CCOc1ccc(-c2nnc3c(C=O)cc(C)cn23)cc1. The minimum absolute atomic E-state index is 0.541. The number of ether oxygens (including phenoxy) is 1. The lowest BCUT2D eigenvalue weighted by Gasteiger charge is -2.05. The lowest BCUT2D eigenvalue weighted by atomic mass is 10.2. The molecule has 5 nitrogen and oxygen atoms in total. The highest BCUT2D eigenvalue weighted by Crippen LogP contribution is 2.23. The molecule has 0 saturated carbocycles. The van der Waals surface area contributed by atoms with Gasteiger partial charge < -0.3 is 4.74 Å². The number of carbonyl (C=O) groups excluding carboxylic acids is 1. The second kappa shape index (κ2) is 5.36. The van der Waals surface area contributed by atoms with Gasteiger partial charge in [0.2, 0.25) is 0 Å². The molecule has 0 aliphatic heterocycles. The van der Waals surface area contributed by atoms with Gasteiger partial charge in [0.25, 0.3) is 0 Å². The Balaban J connectivity index is 2.12. The van der Waals surface area contributed by atoms with E-state index in [0.29, 0.717) is 23.6 Å². The molecule has 0 atom stereocenters. The van der Waals surface area contributed by atoms with Crippen LogP contribution in [0.1, 0.15) is 22.8 Å². The largest absolute Gasteiger partial charge is 0.494 e. The van der Waals surface area contributed by atoms with E-state index in [-0.39, 0.29) is 0 Å². The lowest BCUT2D eigenvalue weighted by Crippen LogP contribution is -1.95. The molecular formula is C16H15N3O2. The monoisotopic (exact) mass is 281 g/mol. The Labute approximate surface area is 122 Å². The molecule has 21 heavy (non-hydrogen) atoms. The van der Waals surface area contributed by atoms with E-state index >= 15 is 0 Å². The third-order valence-electron chi connectivity index (χ3n) is 3.22. The number of aromatic nitrogens is 3. The number of hydrogen-bond donors (Lipinski definition) is 0. The summed E-state index contributed by atoms with van der Waals surface area (Å²) >= 11 is 0. The summed E-state index contributed by atoms with van der Waals surface area (Å²) in [5, 5.41) is 8.32. The molecule has 0 amide bonds. The number of aldehydes is 1. The Hall–Kier alpha value is -2.69. The van der Waals surface area contributed by atoms with Crippen molar-refractivity contribution < 1.29 is 9.53 Å². The summed E-state index contributed by atoms with van der Waals surface area (Å²) in [5.41, 5.74) is 3.02. The van der Waals surface area contributed by atoms with Crippen molar-refractivity contribution in [3.8, 4) is 17.1 Å². The normalized spacial score (nSPS) is 10.8. The maximum absolute atomic E-state index is 11.1. The zero-order valence-electron chi connectivity index (χ0n) is 11.9. The molecule has 2 heterocycles. The van der Waals surface area contributed by atoms with Crippen LogP contribution in [0.3, 0.4) is 0 Å². The highest BCUT2D eigenvalue weighted by molar-refractivity contribution is 5.85. The smallest absolute Gasteiger partial charge is 0.171 e. The maximum atomic E-state index is 11.1. The minimum Gasteiger partial charge on any atom is -0.494 e. The second-order valence-corrected chi connectivity index (χ2v) is 4.77. The molecule has 0 saturated heterocycles. The Morgan fingerprint density at radius 3 is 2.67 bits per heavy atom. The van der Waals surface area contributed by atoms with Gasteiger partial charge in [-0.1, -0.05) is 0 Å². The number of fused-ring (bicyclic) bond motifs is 1. The van der Waals surface area contributed by atoms with E-state index in [0.717, 1.165) is 23.2 Å². The first-order valence-electron chi connectivity index (χ1n) is 6.76. The molecule has 5 heteroatoms. The molecule has 0 aliphatic rings. The Kier molecular flexibility index (Phi) is 3.39. The molecular weight excluding hydrogens is 266 g/mol. The molecule has 1 aromatic carbocycles. The Morgan fingerprint density at radius 1 is 1.24 bits per heavy atom. The number of nitrogens with zero attached hydrogens (tertiary/aromatic N) is 3. The van der Waals surface area contributed by atoms with Crippen LogP contribution in [0, 0.1) is 6.92 Å². The number of benzene rings is 1. The van der Waals surface area contributed by atoms with E-state index < -0.39 is 0 Å². The van der Waals surface area contributed by atoms with Crippen LogP contribution in [-0.2, 0) is 0 Å². The zero-order chi connectivity index (χ0) is 14.8. The van der Waals surface area contributed by atoms with Gasteiger partial charge in [-0.05, 0) is 49.7 Å². The van der Waals surface area contributed by atoms with Gasteiger partial charge >= 0.3 is 0 Å². The fourth-order valence-corrected chi connectivity index (χ4v) is 2.31. The molecule has 0 bridgehead atoms. The topological polar surface area (TPSA) is 56.5 Å². The first-order valence-corrected chi connectivity index (χ1v) is 6.76. The molecule has 0 unspecified atom stereocenters. The molecule has 0 aliphatic carbocycles. The fraction of sp³-hybridized carbons (Fsp3) is 0.188. The van der Waals surface area contributed by atoms with Crippen molar-refractivity contribution in [3.63, 3.8) is 0 Å². The van der Waals surface area contributed by atoms with Gasteiger partial charge in [-0.15, -0.1) is 10.2 Å². The van der Waals surface area contributed by atoms with Crippen molar-refractivity contribution in [2.24, 2.45) is 0 Å². The number of aryl methyl sites for hydroxylation is 1. The summed E-state index contributed by atoms with van der Waals surface area (Å²) < 4.78 is 7.27. The summed E-state index contributed by atoms with van der Waals surface area (Å²) in [5.74, 6) is 1.53. The first-order chi connectivity index (χ1) is 10.2. The average molecular weight is 281 g/mol. The van der Waals surface area contributed by atoms with Crippen molar-refractivity contribution in [1.82, 2.24) is 14.6 Å². The van der Waals surface area contributed by atoms with Gasteiger partial charge in [0.15, 0.2) is 17.8 Å². The molecule has 0 fully saturated rings. The summed E-state index contributed by atoms with van der Waals surface area (Å²) in [7, 11) is 0. The molecule has 0 N–H and O–H groups in total. The van der Waals surface area contributed by atoms with Crippen LogP contribution in [0.5, 0.6) is 5.75 Å². The van der Waals surface area contributed by atoms with E-state index in [4.69, 9.17) is 4.74 Å². The molecule has 0 radical (unpaired) electrons. The van der Waals surface area contributed by atoms with Crippen LogP contribution in [0.2, 0.25) is 0 Å². The first kappa shape index (κ1) is 13.3. The van der Waals surface area contributed by atoms with Crippen LogP contribution in [0.25, 0.3) is 17.0 Å². The molecule has 2 aromatic heterocycles. The van der Waals surface area contributed by atoms with Crippen LogP contribution in [0.15, 0.2) is 36.5 Å². The van der Waals surface area contributed by atoms with Crippen molar-refractivity contribution in [1.29, 1.82) is 0 Å². The molecule has 106 valence electrons. The predicted octanol–water partition coefficient (Wildman–Crippen LogP) is 2.92. The van der Waals surface area contributed by atoms with Crippen LogP contribution in [0.4, 0.5) is 0 Å². The molecule has 3 rings (SSSR count). The Morgan fingerprint density at radius 2 is 2.00 bits per heavy atom. The quantitative estimate of drug-likeness (QED) is 0.690. The standard InChI is InChI=1S/C16H15N3O2/c1-3-21-14-6-4-12(5-7-14)15-17-18-16-13(10-20)8-11(2)9-19(15)16/h4-10H,3H2,1-2H3. The highest BCUT2D eigenvalue weighted by Gasteiger charge is 2.11. The summed E-state index contributed by atoms with van der Waals surface area (Å²) in [6, 6.07) is 9.47. The van der Waals surface area contributed by atoms with Crippen molar-refractivity contribution in [3.05, 3.63) is 47.7 Å². The van der Waals surface area contributed by atoms with Gasteiger partial charge in [0, 0.05) is 11.8 Å². The van der Waals surface area contributed by atoms with Gasteiger partial charge in [-0.25, -0.2) is 0 Å². The van der Waals surface area contributed by atoms with Crippen molar-refractivity contribution in [2.75, 3.05) is 6.61 Å². The number of pyridine rings is 1. The maximum Gasteiger partial charge on any atom is 0.171 e. The second-order valence-electron chi connectivity index (χ2n) is 4.77. The van der Waals surface area contributed by atoms with Crippen LogP contribution in [-0.4, -0.2) is 27.5 Å². The van der Waals surface area contributed by atoms with Gasteiger partial charge in [-0.3, -0.25) is 9.20 Å². The number of hydrogen-bond acceptors (Lipinski definition) is 4. The number of rotatable bonds is 4. The highest BCUT2D eigenvalue weighted by atomic mass is 16.5. The Bertz CT molecular complexity index is 791. The van der Waals surface area contributed by atoms with E-state index in [1.807, 2.05) is 48.7 Å². The number of carbonyl (C=O) groups is 1. The summed E-state index contributed by atoms with van der Waals surface area (Å²) in [4.78, 5) is 11.1.